The van der Waals surface area contributed by atoms with Gasteiger partial charge in [-0.05, 0) is 45.2 Å². The first-order chi connectivity index (χ1) is 14.3. The molecule has 164 valence electrons. The van der Waals surface area contributed by atoms with Crippen molar-refractivity contribution in [3.8, 4) is 0 Å². The first-order valence-corrected chi connectivity index (χ1v) is 11.3. The Hall–Kier alpha value is -2.26. The molecular weight excluding hydrogens is 402 g/mol. The molecule has 3 heterocycles. The van der Waals surface area contributed by atoms with Crippen molar-refractivity contribution in [2.24, 2.45) is 0 Å². The van der Waals surface area contributed by atoms with Gasteiger partial charge in [-0.1, -0.05) is 0 Å². The summed E-state index contributed by atoms with van der Waals surface area (Å²) in [6.07, 6.45) is 3.43. The summed E-state index contributed by atoms with van der Waals surface area (Å²) in [6.45, 7) is 6.22. The molecule has 2 amide bonds. The highest BCUT2D eigenvalue weighted by molar-refractivity contribution is 7.18. The Morgan fingerprint density at radius 3 is 2.83 bits per heavy atom. The van der Waals surface area contributed by atoms with Crippen molar-refractivity contribution in [2.45, 2.75) is 52.0 Å². The van der Waals surface area contributed by atoms with Gasteiger partial charge in [0.25, 0.3) is 5.56 Å². The molecule has 1 fully saturated rings. The molecule has 0 aromatic carbocycles. The molecule has 2 aromatic rings. The molecule has 2 N–H and O–H groups in total. The lowest BCUT2D eigenvalue weighted by Crippen LogP contribution is -2.43. The fourth-order valence-electron chi connectivity index (χ4n) is 3.92. The van der Waals surface area contributed by atoms with E-state index in [4.69, 9.17) is 0 Å². The fourth-order valence-corrected chi connectivity index (χ4v) is 4.97. The second-order valence-corrected chi connectivity index (χ2v) is 9.31. The van der Waals surface area contributed by atoms with Gasteiger partial charge in [-0.15, -0.1) is 11.3 Å². The molecule has 9 heteroatoms. The zero-order chi connectivity index (χ0) is 21.8. The van der Waals surface area contributed by atoms with Crippen LogP contribution in [0.5, 0.6) is 0 Å². The van der Waals surface area contributed by atoms with Crippen LogP contribution in [0.25, 0.3) is 10.2 Å². The highest BCUT2D eigenvalue weighted by Crippen LogP contribution is 2.25. The highest BCUT2D eigenvalue weighted by atomic mass is 32.1. The third-order valence-electron chi connectivity index (χ3n) is 5.71. The number of carbonyl (C=O) groups excluding carboxylic acids is 2. The summed E-state index contributed by atoms with van der Waals surface area (Å²) >= 11 is 1.51. The monoisotopic (exact) mass is 433 g/mol. The number of hydrogen-bond acceptors (Lipinski definition) is 6. The number of likely N-dealkylation sites (N-methyl/N-ethyl adjacent to an activating group) is 1. The number of thiophene rings is 1. The minimum Gasteiger partial charge on any atom is -0.356 e. The van der Waals surface area contributed by atoms with Gasteiger partial charge in [0.05, 0.1) is 11.4 Å². The third kappa shape index (κ3) is 5.07. The molecule has 0 saturated carbocycles. The van der Waals surface area contributed by atoms with E-state index in [9.17, 15) is 14.4 Å². The number of carbonyl (C=O) groups is 2. The number of fused-ring (bicyclic) bond motifs is 1. The summed E-state index contributed by atoms with van der Waals surface area (Å²) in [4.78, 5) is 49.7. The number of aryl methyl sites for hydroxylation is 3. The molecule has 1 unspecified atom stereocenters. The number of nitrogens with zero attached hydrogens (tertiary/aromatic N) is 3. The van der Waals surface area contributed by atoms with Crippen molar-refractivity contribution in [1.29, 1.82) is 0 Å². The van der Waals surface area contributed by atoms with Crippen LogP contribution in [-0.4, -0.2) is 71.4 Å². The summed E-state index contributed by atoms with van der Waals surface area (Å²) in [5.41, 5.74) is 0.838. The fraction of sp³-hybridized carbons (Fsp3) is 0.619. The summed E-state index contributed by atoms with van der Waals surface area (Å²) in [5.74, 6) is 0.649. The topological polar surface area (TPSA) is 98.4 Å². The number of hydrogen-bond donors (Lipinski definition) is 2. The summed E-state index contributed by atoms with van der Waals surface area (Å²) < 4.78 is 0. The molecule has 3 rings (SSSR count). The highest BCUT2D eigenvalue weighted by Gasteiger charge is 2.30. The lowest BCUT2D eigenvalue weighted by atomic mass is 10.2. The summed E-state index contributed by atoms with van der Waals surface area (Å²) in [6, 6.07) is -0.0296. The van der Waals surface area contributed by atoms with Gasteiger partial charge < -0.3 is 15.2 Å². The van der Waals surface area contributed by atoms with Crippen LogP contribution in [0.15, 0.2) is 4.79 Å². The molecule has 2 aromatic heterocycles. The normalized spacial score (nSPS) is 16.9. The zero-order valence-corrected chi connectivity index (χ0v) is 19.0. The Bertz CT molecular complexity index is 981. The molecule has 0 bridgehead atoms. The van der Waals surface area contributed by atoms with Gasteiger partial charge in [0.1, 0.15) is 10.7 Å². The smallest absolute Gasteiger partial charge is 0.259 e. The number of H-pyrrole nitrogens is 1. The van der Waals surface area contributed by atoms with Crippen LogP contribution in [0.4, 0.5) is 0 Å². The van der Waals surface area contributed by atoms with Gasteiger partial charge in [0.15, 0.2) is 0 Å². The molecule has 1 saturated heterocycles. The molecule has 0 spiro atoms. The van der Waals surface area contributed by atoms with E-state index in [1.165, 1.54) is 11.3 Å². The number of rotatable bonds is 8. The maximum Gasteiger partial charge on any atom is 0.259 e. The minimum atomic E-state index is -0.135. The van der Waals surface area contributed by atoms with Gasteiger partial charge in [-0.25, -0.2) is 4.98 Å². The van der Waals surface area contributed by atoms with E-state index in [1.54, 1.807) is 19.0 Å². The van der Waals surface area contributed by atoms with Gasteiger partial charge >= 0.3 is 0 Å². The van der Waals surface area contributed by atoms with E-state index in [0.717, 1.165) is 47.6 Å². The zero-order valence-electron chi connectivity index (χ0n) is 18.2. The van der Waals surface area contributed by atoms with E-state index in [1.807, 2.05) is 13.8 Å². The Morgan fingerprint density at radius 2 is 2.10 bits per heavy atom. The van der Waals surface area contributed by atoms with E-state index in [0.29, 0.717) is 24.2 Å². The molecule has 8 nitrogen and oxygen atoms in total. The van der Waals surface area contributed by atoms with Crippen LogP contribution in [0.3, 0.4) is 0 Å². The molecule has 1 aliphatic heterocycles. The van der Waals surface area contributed by atoms with Crippen LogP contribution in [0, 0.1) is 13.8 Å². The molecule has 0 aliphatic carbocycles. The van der Waals surface area contributed by atoms with Gasteiger partial charge in [0.2, 0.25) is 11.8 Å². The molecule has 0 radical (unpaired) electrons. The minimum absolute atomic E-state index is 0.0296. The van der Waals surface area contributed by atoms with Crippen LogP contribution in [-0.2, 0) is 16.0 Å². The van der Waals surface area contributed by atoms with Gasteiger partial charge in [-0.2, -0.15) is 0 Å². The average Bonchev–Trinajstić information content (AvgIpc) is 3.27. The van der Waals surface area contributed by atoms with Crippen LogP contribution >= 0.6 is 11.3 Å². The van der Waals surface area contributed by atoms with E-state index in [-0.39, 0.29) is 29.8 Å². The van der Waals surface area contributed by atoms with Crippen LogP contribution in [0.1, 0.15) is 41.9 Å². The second-order valence-electron chi connectivity index (χ2n) is 8.11. The van der Waals surface area contributed by atoms with E-state index >= 15 is 0 Å². The average molecular weight is 434 g/mol. The van der Waals surface area contributed by atoms with Gasteiger partial charge in [0, 0.05) is 44.9 Å². The SMILES string of the molecule is Cc1sc2nc(CCC(=O)NCCCN3CCCC3C(=O)N(C)C)[nH]c(=O)c2c1C. The van der Waals surface area contributed by atoms with E-state index < -0.39 is 0 Å². The lowest BCUT2D eigenvalue weighted by molar-refractivity contribution is -0.133. The van der Waals surface area contributed by atoms with Crippen molar-refractivity contribution in [3.05, 3.63) is 26.6 Å². The quantitative estimate of drug-likeness (QED) is 0.616. The Kier molecular flexibility index (Phi) is 7.25. The van der Waals surface area contributed by atoms with Crippen molar-refractivity contribution in [1.82, 2.24) is 25.1 Å². The summed E-state index contributed by atoms with van der Waals surface area (Å²) in [7, 11) is 3.58. The molecule has 30 heavy (non-hydrogen) atoms. The maximum atomic E-state index is 12.3. The van der Waals surface area contributed by atoms with Crippen LogP contribution < -0.4 is 10.9 Å². The number of aromatic nitrogens is 2. The third-order valence-corrected chi connectivity index (χ3v) is 6.81. The van der Waals surface area contributed by atoms with Crippen molar-refractivity contribution in [2.75, 3.05) is 33.7 Å². The predicted molar refractivity (Wildman–Crippen MR) is 119 cm³/mol. The Morgan fingerprint density at radius 1 is 1.33 bits per heavy atom. The van der Waals surface area contributed by atoms with E-state index in [2.05, 4.69) is 20.2 Å². The number of amides is 2. The largest absolute Gasteiger partial charge is 0.356 e. The second kappa shape index (κ2) is 9.70. The summed E-state index contributed by atoms with van der Waals surface area (Å²) in [5, 5.41) is 3.58. The lowest BCUT2D eigenvalue weighted by Gasteiger charge is -2.26. The maximum absolute atomic E-state index is 12.3. The molecular formula is C21H31N5O3S. The number of likely N-dealkylation sites (tertiary alicyclic amines) is 1. The van der Waals surface area contributed by atoms with Crippen LogP contribution in [0.2, 0.25) is 0 Å². The Labute approximate surface area is 180 Å². The molecule has 1 atom stereocenters. The van der Waals surface area contributed by atoms with Gasteiger partial charge in [-0.3, -0.25) is 19.3 Å². The Balaban J connectivity index is 1.43. The molecule has 1 aliphatic rings. The first kappa shape index (κ1) is 22.4. The standard InChI is InChI=1S/C21H31N5O3S/c1-13-14(2)30-20-18(13)19(28)23-16(24-20)8-9-17(27)22-10-6-12-26-11-5-7-15(26)21(29)25(3)4/h15H,5-12H2,1-4H3,(H,22,27)(H,23,24,28). The predicted octanol–water partition coefficient (Wildman–Crippen LogP) is 1.59. The number of nitrogens with one attached hydrogen (secondary N) is 2. The number of aromatic amines is 1. The first-order valence-electron chi connectivity index (χ1n) is 10.5. The van der Waals surface area contributed by atoms with Crippen molar-refractivity contribution < 1.29 is 9.59 Å². The van der Waals surface area contributed by atoms with Crippen molar-refractivity contribution >= 4 is 33.4 Å². The van der Waals surface area contributed by atoms with Crippen molar-refractivity contribution in [3.63, 3.8) is 0 Å².